The Balaban J connectivity index is 1.60. The Labute approximate surface area is 136 Å². The maximum atomic E-state index is 5.81. The zero-order valence-corrected chi connectivity index (χ0v) is 13.6. The van der Waals surface area contributed by atoms with Crippen molar-refractivity contribution in [2.45, 2.75) is 39.0 Å². The molecular weight excluding hydrogens is 290 g/mol. The summed E-state index contributed by atoms with van der Waals surface area (Å²) in [4.78, 5) is 4.65. The summed E-state index contributed by atoms with van der Waals surface area (Å²) in [5.74, 6) is 3.01. The monoisotopic (exact) mass is 313 g/mol. The molecule has 1 N–H and O–H groups in total. The third-order valence-corrected chi connectivity index (χ3v) is 4.88. The van der Waals surface area contributed by atoms with Crippen molar-refractivity contribution in [3.8, 4) is 17.2 Å². The summed E-state index contributed by atoms with van der Waals surface area (Å²) in [5, 5.41) is 7.60. The van der Waals surface area contributed by atoms with Crippen molar-refractivity contribution < 1.29 is 9.26 Å². The Morgan fingerprint density at radius 3 is 2.96 bits per heavy atom. The number of aryl methyl sites for hydroxylation is 1. The number of aromatic nitrogens is 2. The van der Waals surface area contributed by atoms with Crippen LogP contribution in [-0.2, 0) is 19.3 Å². The van der Waals surface area contributed by atoms with Crippen LogP contribution in [0.2, 0.25) is 0 Å². The minimum absolute atomic E-state index is 0.599. The van der Waals surface area contributed by atoms with Crippen LogP contribution in [0.25, 0.3) is 11.5 Å². The summed E-state index contributed by atoms with van der Waals surface area (Å²) in [6.45, 7) is 5.09. The number of nitrogens with zero attached hydrogens (tertiary/aromatic N) is 2. The van der Waals surface area contributed by atoms with E-state index < -0.39 is 0 Å². The van der Waals surface area contributed by atoms with Gasteiger partial charge in [0.15, 0.2) is 5.82 Å². The largest absolute Gasteiger partial charge is 0.492 e. The van der Waals surface area contributed by atoms with Gasteiger partial charge in [-0.25, -0.2) is 0 Å². The normalized spacial score (nSPS) is 18.0. The topological polar surface area (TPSA) is 60.2 Å². The van der Waals surface area contributed by atoms with E-state index in [1.54, 1.807) is 0 Å². The molecule has 2 aromatic rings. The number of fused-ring (bicyclic) bond motifs is 1. The van der Waals surface area contributed by atoms with E-state index in [0.717, 1.165) is 56.1 Å². The zero-order valence-electron chi connectivity index (χ0n) is 13.6. The third-order valence-electron chi connectivity index (χ3n) is 4.88. The minimum atomic E-state index is 0.599. The maximum Gasteiger partial charge on any atom is 0.261 e. The molecule has 122 valence electrons. The lowest BCUT2D eigenvalue weighted by atomic mass is 9.94. The predicted octanol–water partition coefficient (Wildman–Crippen LogP) is 2.78. The third kappa shape index (κ3) is 2.98. The lowest BCUT2D eigenvalue weighted by Gasteiger charge is -2.20. The van der Waals surface area contributed by atoms with Gasteiger partial charge >= 0.3 is 0 Å². The summed E-state index contributed by atoms with van der Waals surface area (Å²) < 4.78 is 11.4. The lowest BCUT2D eigenvalue weighted by molar-refractivity contribution is 0.352. The SMILES string of the molecule is CCc1cc2c(c(-c3nc(CC4CCNCC4)no3)c1)OCC2. The van der Waals surface area contributed by atoms with Crippen molar-refractivity contribution in [3.63, 3.8) is 0 Å². The first-order chi connectivity index (χ1) is 11.3. The fraction of sp³-hybridized carbons (Fsp3) is 0.556. The number of benzene rings is 1. The van der Waals surface area contributed by atoms with E-state index >= 15 is 0 Å². The average molecular weight is 313 g/mol. The molecule has 23 heavy (non-hydrogen) atoms. The highest BCUT2D eigenvalue weighted by atomic mass is 16.5. The van der Waals surface area contributed by atoms with Crippen molar-refractivity contribution in [1.29, 1.82) is 0 Å². The van der Waals surface area contributed by atoms with Crippen LogP contribution in [0.15, 0.2) is 16.7 Å². The van der Waals surface area contributed by atoms with Crippen molar-refractivity contribution >= 4 is 0 Å². The second-order valence-electron chi connectivity index (χ2n) is 6.50. The van der Waals surface area contributed by atoms with Crippen LogP contribution in [-0.4, -0.2) is 29.8 Å². The highest BCUT2D eigenvalue weighted by Crippen LogP contribution is 2.37. The summed E-state index contributed by atoms with van der Waals surface area (Å²) in [6, 6.07) is 4.37. The van der Waals surface area contributed by atoms with Crippen LogP contribution in [0, 0.1) is 5.92 Å². The molecule has 5 heteroatoms. The average Bonchev–Trinajstić information content (AvgIpc) is 3.24. The van der Waals surface area contributed by atoms with Gasteiger partial charge in [0.25, 0.3) is 5.89 Å². The Kier molecular flexibility index (Phi) is 4.04. The van der Waals surface area contributed by atoms with Gasteiger partial charge in [0, 0.05) is 12.8 Å². The van der Waals surface area contributed by atoms with Crippen molar-refractivity contribution in [3.05, 3.63) is 29.1 Å². The summed E-state index contributed by atoms with van der Waals surface area (Å²) in [5.41, 5.74) is 3.51. The van der Waals surface area contributed by atoms with Crippen molar-refractivity contribution in [1.82, 2.24) is 15.5 Å². The van der Waals surface area contributed by atoms with Crippen LogP contribution in [0.4, 0.5) is 0 Å². The first-order valence-electron chi connectivity index (χ1n) is 8.65. The van der Waals surface area contributed by atoms with Crippen LogP contribution in [0.1, 0.15) is 36.7 Å². The molecule has 0 bridgehead atoms. The minimum Gasteiger partial charge on any atom is -0.492 e. The van der Waals surface area contributed by atoms with Gasteiger partial charge in [-0.1, -0.05) is 18.1 Å². The van der Waals surface area contributed by atoms with Gasteiger partial charge in [-0.05, 0) is 55.5 Å². The Bertz CT molecular complexity index is 690. The van der Waals surface area contributed by atoms with Gasteiger partial charge < -0.3 is 14.6 Å². The Morgan fingerprint density at radius 1 is 1.26 bits per heavy atom. The lowest BCUT2D eigenvalue weighted by Crippen LogP contribution is -2.28. The number of hydrogen-bond donors (Lipinski definition) is 1. The molecule has 1 aromatic carbocycles. The molecule has 2 aliphatic heterocycles. The van der Waals surface area contributed by atoms with Crippen molar-refractivity contribution in [2.24, 2.45) is 5.92 Å². The van der Waals surface area contributed by atoms with Gasteiger partial charge in [0.05, 0.1) is 12.2 Å². The standard InChI is InChI=1S/C18H23N3O2/c1-2-12-9-14-5-8-22-17(14)15(10-12)18-20-16(21-23-18)11-13-3-6-19-7-4-13/h9-10,13,19H,2-8,11H2,1H3. The highest BCUT2D eigenvalue weighted by Gasteiger charge is 2.23. The van der Waals surface area contributed by atoms with Crippen LogP contribution in [0.3, 0.4) is 0 Å². The molecule has 3 heterocycles. The summed E-state index contributed by atoms with van der Waals surface area (Å²) >= 11 is 0. The van der Waals surface area contributed by atoms with Gasteiger partial charge in [-0.15, -0.1) is 0 Å². The first kappa shape index (κ1) is 14.7. The molecule has 0 aliphatic carbocycles. The van der Waals surface area contributed by atoms with E-state index in [4.69, 9.17) is 9.26 Å². The number of nitrogens with one attached hydrogen (secondary N) is 1. The Hall–Kier alpha value is -1.88. The van der Waals surface area contributed by atoms with E-state index in [-0.39, 0.29) is 0 Å². The number of piperidine rings is 1. The number of rotatable bonds is 4. The van der Waals surface area contributed by atoms with Crippen LogP contribution >= 0.6 is 0 Å². The molecule has 1 fully saturated rings. The van der Waals surface area contributed by atoms with E-state index in [0.29, 0.717) is 11.8 Å². The molecule has 5 nitrogen and oxygen atoms in total. The molecule has 0 saturated carbocycles. The van der Waals surface area contributed by atoms with E-state index in [1.807, 2.05) is 0 Å². The van der Waals surface area contributed by atoms with Gasteiger partial charge in [0.2, 0.25) is 0 Å². The van der Waals surface area contributed by atoms with Crippen molar-refractivity contribution in [2.75, 3.05) is 19.7 Å². The van der Waals surface area contributed by atoms with Crippen LogP contribution < -0.4 is 10.1 Å². The molecule has 0 spiro atoms. The molecule has 0 atom stereocenters. The van der Waals surface area contributed by atoms with E-state index in [2.05, 4.69) is 34.5 Å². The summed E-state index contributed by atoms with van der Waals surface area (Å²) in [6.07, 6.45) is 5.24. The number of ether oxygens (including phenoxy) is 1. The van der Waals surface area contributed by atoms with Gasteiger partial charge in [-0.2, -0.15) is 4.98 Å². The summed E-state index contributed by atoms with van der Waals surface area (Å²) in [7, 11) is 0. The van der Waals surface area contributed by atoms with Crippen LogP contribution in [0.5, 0.6) is 5.75 Å². The highest BCUT2D eigenvalue weighted by molar-refractivity contribution is 5.67. The molecule has 4 rings (SSSR count). The van der Waals surface area contributed by atoms with Gasteiger partial charge in [-0.3, -0.25) is 0 Å². The molecule has 0 amide bonds. The first-order valence-corrected chi connectivity index (χ1v) is 8.65. The second kappa shape index (κ2) is 6.32. The predicted molar refractivity (Wildman–Crippen MR) is 87.6 cm³/mol. The number of hydrogen-bond acceptors (Lipinski definition) is 5. The molecule has 2 aliphatic rings. The maximum absolute atomic E-state index is 5.81. The molecular formula is C18H23N3O2. The molecule has 0 radical (unpaired) electrons. The zero-order chi connectivity index (χ0) is 15.6. The van der Waals surface area contributed by atoms with E-state index in [9.17, 15) is 0 Å². The molecule has 1 saturated heterocycles. The Morgan fingerprint density at radius 2 is 2.13 bits per heavy atom. The second-order valence-corrected chi connectivity index (χ2v) is 6.50. The van der Waals surface area contributed by atoms with Gasteiger partial charge in [0.1, 0.15) is 5.75 Å². The quantitative estimate of drug-likeness (QED) is 0.940. The van der Waals surface area contributed by atoms with E-state index in [1.165, 1.54) is 24.0 Å². The molecule has 0 unspecified atom stereocenters. The fourth-order valence-corrected chi connectivity index (χ4v) is 3.53. The smallest absolute Gasteiger partial charge is 0.261 e. The fourth-order valence-electron chi connectivity index (χ4n) is 3.53. The molecule has 1 aromatic heterocycles.